The predicted octanol–water partition coefficient (Wildman–Crippen LogP) is 1.13. The van der Waals surface area contributed by atoms with Gasteiger partial charge >= 0.3 is 6.03 Å². The molecule has 0 spiro atoms. The minimum Gasteiger partial charge on any atom is -0.481 e. The fraction of sp³-hybridized carbons (Fsp3) is 0.462. The summed E-state index contributed by atoms with van der Waals surface area (Å²) < 4.78 is 4.92. The van der Waals surface area contributed by atoms with Crippen LogP contribution in [-0.4, -0.2) is 36.6 Å². The van der Waals surface area contributed by atoms with E-state index in [0.717, 1.165) is 6.42 Å². The molecular weight excluding hydrogens is 260 g/mol. The van der Waals surface area contributed by atoms with E-state index in [4.69, 9.17) is 4.74 Å². The second kappa shape index (κ2) is 7.98. The van der Waals surface area contributed by atoms with Crippen LogP contribution in [0.25, 0.3) is 0 Å². The molecular formula is C13H20N4O3. The number of nitrogens with one attached hydrogen (secondary N) is 3. The molecule has 7 heteroatoms. The van der Waals surface area contributed by atoms with Crippen LogP contribution in [0.4, 0.5) is 10.5 Å². The zero-order valence-electron chi connectivity index (χ0n) is 11.9. The molecule has 3 amide bonds. The largest absolute Gasteiger partial charge is 0.481 e. The first-order chi connectivity index (χ1) is 9.56. The Bertz CT molecular complexity index is 447. The van der Waals surface area contributed by atoms with Crippen molar-refractivity contribution < 1.29 is 14.3 Å². The Kier molecular flexibility index (Phi) is 6.28. The molecule has 0 aliphatic heterocycles. The Morgan fingerprint density at radius 1 is 1.40 bits per heavy atom. The summed E-state index contributed by atoms with van der Waals surface area (Å²) in [7, 11) is 1.51. The molecule has 0 radical (unpaired) electrons. The number of carbonyl (C=O) groups excluding carboxylic acids is 2. The van der Waals surface area contributed by atoms with Gasteiger partial charge in [-0.3, -0.25) is 4.79 Å². The second-order valence-corrected chi connectivity index (χ2v) is 4.20. The lowest BCUT2D eigenvalue weighted by molar-refractivity contribution is -0.122. The average molecular weight is 280 g/mol. The van der Waals surface area contributed by atoms with Gasteiger partial charge in [-0.15, -0.1) is 0 Å². The third-order valence-electron chi connectivity index (χ3n) is 2.49. The van der Waals surface area contributed by atoms with Gasteiger partial charge in [0.05, 0.1) is 19.0 Å². The summed E-state index contributed by atoms with van der Waals surface area (Å²) >= 11 is 0. The Balaban J connectivity index is 2.44. The van der Waals surface area contributed by atoms with Crippen molar-refractivity contribution in [1.82, 2.24) is 15.6 Å². The number of nitrogens with zero attached hydrogens (tertiary/aromatic N) is 1. The van der Waals surface area contributed by atoms with Crippen LogP contribution in [0.2, 0.25) is 0 Å². The lowest BCUT2D eigenvalue weighted by Crippen LogP contribution is -2.46. The van der Waals surface area contributed by atoms with Gasteiger partial charge in [0.25, 0.3) is 0 Å². The predicted molar refractivity (Wildman–Crippen MR) is 75.7 cm³/mol. The third kappa shape index (κ3) is 5.13. The summed E-state index contributed by atoms with van der Waals surface area (Å²) in [6, 6.07) is 2.23. The van der Waals surface area contributed by atoms with Gasteiger partial charge < -0.3 is 20.7 Å². The third-order valence-corrected chi connectivity index (χ3v) is 2.49. The number of rotatable bonds is 6. The normalized spacial score (nSPS) is 11.3. The quantitative estimate of drug-likeness (QED) is 0.728. The van der Waals surface area contributed by atoms with Crippen LogP contribution < -0.4 is 20.7 Å². The molecule has 110 valence electrons. The highest BCUT2D eigenvalue weighted by molar-refractivity contribution is 5.93. The van der Waals surface area contributed by atoms with Crippen molar-refractivity contribution in [1.29, 1.82) is 0 Å². The van der Waals surface area contributed by atoms with Crippen LogP contribution in [0.1, 0.15) is 20.3 Å². The molecule has 0 saturated carbocycles. The molecule has 1 unspecified atom stereocenters. The fourth-order valence-electron chi connectivity index (χ4n) is 1.41. The van der Waals surface area contributed by atoms with Crippen molar-refractivity contribution in [3.8, 4) is 5.88 Å². The first-order valence-electron chi connectivity index (χ1n) is 6.42. The molecule has 0 aromatic carbocycles. The molecule has 3 N–H and O–H groups in total. The molecule has 1 atom stereocenters. The molecule has 1 heterocycles. The number of ether oxygens (including phenoxy) is 1. The maximum absolute atomic E-state index is 11.7. The zero-order valence-corrected chi connectivity index (χ0v) is 11.9. The maximum Gasteiger partial charge on any atom is 0.319 e. The SMILES string of the molecule is CCCNC(=O)C(C)NC(=O)Nc1ccc(OC)nc1. The number of amides is 3. The van der Waals surface area contributed by atoms with E-state index in [1.165, 1.54) is 13.3 Å². The van der Waals surface area contributed by atoms with Crippen molar-refractivity contribution in [3.05, 3.63) is 18.3 Å². The van der Waals surface area contributed by atoms with Crippen molar-refractivity contribution in [2.45, 2.75) is 26.3 Å². The Morgan fingerprint density at radius 2 is 2.15 bits per heavy atom. The van der Waals surface area contributed by atoms with Gasteiger partial charge in [-0.05, 0) is 19.4 Å². The molecule has 20 heavy (non-hydrogen) atoms. The highest BCUT2D eigenvalue weighted by atomic mass is 16.5. The second-order valence-electron chi connectivity index (χ2n) is 4.20. The van der Waals surface area contributed by atoms with Crippen LogP contribution in [0.15, 0.2) is 18.3 Å². The van der Waals surface area contributed by atoms with Gasteiger partial charge in [0.15, 0.2) is 0 Å². The van der Waals surface area contributed by atoms with Gasteiger partial charge in [-0.1, -0.05) is 6.92 Å². The lowest BCUT2D eigenvalue weighted by Gasteiger charge is -2.14. The summed E-state index contributed by atoms with van der Waals surface area (Å²) in [4.78, 5) is 27.2. The van der Waals surface area contributed by atoms with Crippen LogP contribution in [0, 0.1) is 0 Å². The molecule has 1 aromatic rings. The summed E-state index contributed by atoms with van der Waals surface area (Å²) in [5.74, 6) is 0.248. The van der Waals surface area contributed by atoms with E-state index in [1.54, 1.807) is 19.1 Å². The molecule has 0 bridgehead atoms. The molecule has 7 nitrogen and oxygen atoms in total. The number of methoxy groups -OCH3 is 1. The highest BCUT2D eigenvalue weighted by Crippen LogP contribution is 2.10. The van der Waals surface area contributed by atoms with Gasteiger partial charge in [-0.25, -0.2) is 9.78 Å². The molecule has 1 rings (SSSR count). The smallest absolute Gasteiger partial charge is 0.319 e. The van der Waals surface area contributed by atoms with Crippen molar-refractivity contribution >= 4 is 17.6 Å². The Labute approximate surface area is 118 Å². The van der Waals surface area contributed by atoms with E-state index in [0.29, 0.717) is 18.1 Å². The van der Waals surface area contributed by atoms with E-state index in [9.17, 15) is 9.59 Å². The van der Waals surface area contributed by atoms with Gasteiger partial charge in [0, 0.05) is 12.6 Å². The summed E-state index contributed by atoms with van der Waals surface area (Å²) in [6.07, 6.45) is 2.32. The average Bonchev–Trinajstić information content (AvgIpc) is 2.45. The first kappa shape index (κ1) is 15.7. The summed E-state index contributed by atoms with van der Waals surface area (Å²) in [6.45, 7) is 4.17. The summed E-state index contributed by atoms with van der Waals surface area (Å²) in [5, 5.41) is 7.84. The van der Waals surface area contributed by atoms with Crippen molar-refractivity contribution in [3.63, 3.8) is 0 Å². The highest BCUT2D eigenvalue weighted by Gasteiger charge is 2.14. The number of carbonyl (C=O) groups is 2. The maximum atomic E-state index is 11.7. The molecule has 0 saturated heterocycles. The number of anilines is 1. The van der Waals surface area contributed by atoms with Crippen molar-refractivity contribution in [2.24, 2.45) is 0 Å². The number of hydrogen-bond acceptors (Lipinski definition) is 4. The van der Waals surface area contributed by atoms with Gasteiger partial charge in [0.2, 0.25) is 11.8 Å². The minimum atomic E-state index is -0.604. The number of pyridine rings is 1. The Hall–Kier alpha value is -2.31. The van der Waals surface area contributed by atoms with E-state index in [-0.39, 0.29) is 5.91 Å². The Morgan fingerprint density at radius 3 is 2.70 bits per heavy atom. The topological polar surface area (TPSA) is 92.4 Å². The van der Waals surface area contributed by atoms with E-state index >= 15 is 0 Å². The number of hydrogen-bond donors (Lipinski definition) is 3. The van der Waals surface area contributed by atoms with E-state index < -0.39 is 12.1 Å². The van der Waals surface area contributed by atoms with Crippen LogP contribution in [0.5, 0.6) is 5.88 Å². The first-order valence-corrected chi connectivity index (χ1v) is 6.42. The molecule has 0 fully saturated rings. The monoisotopic (exact) mass is 280 g/mol. The van der Waals surface area contributed by atoms with Crippen molar-refractivity contribution in [2.75, 3.05) is 19.0 Å². The van der Waals surface area contributed by atoms with Gasteiger partial charge in [-0.2, -0.15) is 0 Å². The van der Waals surface area contributed by atoms with Crippen LogP contribution in [0.3, 0.4) is 0 Å². The van der Waals surface area contributed by atoms with E-state index in [1.807, 2.05) is 6.92 Å². The lowest BCUT2D eigenvalue weighted by atomic mass is 10.3. The fourth-order valence-corrected chi connectivity index (χ4v) is 1.41. The minimum absolute atomic E-state index is 0.213. The summed E-state index contributed by atoms with van der Waals surface area (Å²) in [5.41, 5.74) is 0.518. The molecule has 0 aliphatic rings. The van der Waals surface area contributed by atoms with Crippen LogP contribution >= 0.6 is 0 Å². The number of urea groups is 1. The molecule has 0 aliphatic carbocycles. The standard InChI is InChI=1S/C13H20N4O3/c1-4-7-14-12(18)9(2)16-13(19)17-10-5-6-11(20-3)15-8-10/h5-6,8-9H,4,7H2,1-3H3,(H,14,18)(H2,16,17,19). The van der Waals surface area contributed by atoms with Crippen LogP contribution in [-0.2, 0) is 4.79 Å². The van der Waals surface area contributed by atoms with Gasteiger partial charge in [0.1, 0.15) is 6.04 Å². The number of aromatic nitrogens is 1. The molecule has 1 aromatic heterocycles. The zero-order chi connectivity index (χ0) is 15.0. The van der Waals surface area contributed by atoms with E-state index in [2.05, 4.69) is 20.9 Å².